The molecule has 1 unspecified atom stereocenters. The summed E-state index contributed by atoms with van der Waals surface area (Å²) in [5, 5.41) is 4.50. The van der Waals surface area contributed by atoms with Crippen molar-refractivity contribution in [3.8, 4) is 17.2 Å². The minimum Gasteiger partial charge on any atom is -0.490 e. The first-order chi connectivity index (χ1) is 18.2. The molecule has 1 fully saturated rings. The minimum absolute atomic E-state index is 0.259. The van der Waals surface area contributed by atoms with Crippen LogP contribution in [-0.4, -0.2) is 60.6 Å². The van der Waals surface area contributed by atoms with Gasteiger partial charge >= 0.3 is 5.56 Å². The molecular formula is C30H34N4O3. The number of hydrogen-bond acceptors (Lipinski definition) is 6. The predicted octanol–water partition coefficient (Wildman–Crippen LogP) is 4.33. The van der Waals surface area contributed by atoms with Gasteiger partial charge < -0.3 is 14.4 Å². The van der Waals surface area contributed by atoms with Crippen LogP contribution < -0.4 is 19.9 Å². The van der Waals surface area contributed by atoms with Gasteiger partial charge in [0.25, 0.3) is 0 Å². The topological polar surface area (TPSA) is 59.8 Å². The first-order valence-electron chi connectivity index (χ1n) is 13.0. The molecule has 0 amide bonds. The smallest absolute Gasteiger partial charge is 0.316 e. The van der Waals surface area contributed by atoms with Crippen LogP contribution in [0.3, 0.4) is 0 Å². The van der Waals surface area contributed by atoms with Crippen LogP contribution in [0, 0.1) is 5.92 Å². The van der Waals surface area contributed by atoms with Crippen molar-refractivity contribution in [2.45, 2.75) is 13.3 Å². The molecule has 1 aromatic heterocycles. The minimum atomic E-state index is -0.266. The van der Waals surface area contributed by atoms with Crippen molar-refractivity contribution in [1.29, 1.82) is 0 Å². The second kappa shape index (κ2) is 11.9. The predicted molar refractivity (Wildman–Crippen MR) is 147 cm³/mol. The van der Waals surface area contributed by atoms with Gasteiger partial charge in [0.05, 0.1) is 11.9 Å². The van der Waals surface area contributed by atoms with E-state index in [1.807, 2.05) is 60.7 Å². The standard InChI is InChI=1S/C30H34N4O3/c1-24-9-8-10-25(21-24)23-32-15-17-33(18-16-32)28-22-31-34(26-11-4-2-5-12-26)30(35)29(28)37-20-19-36-27-13-6-3-7-14-27/h2-8,10-14,21-22,24H,9,15-20,23H2,1H3. The van der Waals surface area contributed by atoms with Gasteiger partial charge in [-0.15, -0.1) is 0 Å². The number of aromatic nitrogens is 2. The van der Waals surface area contributed by atoms with Crippen molar-refractivity contribution >= 4 is 5.69 Å². The molecule has 1 saturated heterocycles. The van der Waals surface area contributed by atoms with Crippen LogP contribution in [-0.2, 0) is 0 Å². The highest BCUT2D eigenvalue weighted by Crippen LogP contribution is 2.26. The Balaban J connectivity index is 1.30. The van der Waals surface area contributed by atoms with Crippen LogP contribution in [0.25, 0.3) is 5.69 Å². The average molecular weight is 499 g/mol. The maximum Gasteiger partial charge on any atom is 0.316 e. The average Bonchev–Trinajstić information content (AvgIpc) is 2.93. The zero-order chi connectivity index (χ0) is 25.5. The molecule has 3 aromatic rings. The van der Waals surface area contributed by atoms with Crippen molar-refractivity contribution in [3.63, 3.8) is 0 Å². The van der Waals surface area contributed by atoms with Crippen LogP contribution in [0.4, 0.5) is 5.69 Å². The molecular weight excluding hydrogens is 464 g/mol. The summed E-state index contributed by atoms with van der Waals surface area (Å²) in [6, 6.07) is 19.0. The van der Waals surface area contributed by atoms with E-state index in [4.69, 9.17) is 9.47 Å². The number of para-hydroxylation sites is 2. The number of allylic oxidation sites excluding steroid dienone is 2. The number of nitrogens with zero attached hydrogens (tertiary/aromatic N) is 4. The van der Waals surface area contributed by atoms with Gasteiger partial charge in [-0.2, -0.15) is 9.78 Å². The highest BCUT2D eigenvalue weighted by molar-refractivity contribution is 5.57. The molecule has 192 valence electrons. The molecule has 2 aromatic carbocycles. The quantitative estimate of drug-likeness (QED) is 0.409. The van der Waals surface area contributed by atoms with Crippen LogP contribution in [0.1, 0.15) is 13.3 Å². The van der Waals surface area contributed by atoms with Crippen molar-refractivity contribution < 1.29 is 9.47 Å². The number of hydrogen-bond donors (Lipinski definition) is 0. The third-order valence-corrected chi connectivity index (χ3v) is 6.71. The van der Waals surface area contributed by atoms with E-state index in [1.165, 1.54) is 10.3 Å². The largest absolute Gasteiger partial charge is 0.490 e. The molecule has 0 N–H and O–H groups in total. The number of piperazine rings is 1. The third-order valence-electron chi connectivity index (χ3n) is 6.71. The van der Waals surface area contributed by atoms with E-state index in [2.05, 4.69) is 40.1 Å². The number of ether oxygens (including phenoxy) is 2. The number of rotatable bonds is 9. The second-order valence-electron chi connectivity index (χ2n) is 9.54. The first-order valence-corrected chi connectivity index (χ1v) is 13.0. The van der Waals surface area contributed by atoms with E-state index < -0.39 is 0 Å². The summed E-state index contributed by atoms with van der Waals surface area (Å²) in [5.41, 5.74) is 2.57. The lowest BCUT2D eigenvalue weighted by atomic mass is 9.97. The van der Waals surface area contributed by atoms with Gasteiger partial charge in [-0.25, -0.2) is 0 Å². The number of anilines is 1. The Kier molecular flexibility index (Phi) is 8.01. The Morgan fingerprint density at radius 3 is 2.35 bits per heavy atom. The molecule has 1 aliphatic carbocycles. The molecule has 0 saturated carbocycles. The molecule has 2 heterocycles. The Bertz CT molecular complexity index is 1280. The van der Waals surface area contributed by atoms with Crippen LogP contribution in [0.2, 0.25) is 0 Å². The molecule has 0 radical (unpaired) electrons. The summed E-state index contributed by atoms with van der Waals surface area (Å²) in [6.45, 7) is 7.26. The van der Waals surface area contributed by atoms with Crippen molar-refractivity contribution in [2.75, 3.05) is 50.8 Å². The Morgan fingerprint density at radius 2 is 1.62 bits per heavy atom. The van der Waals surface area contributed by atoms with Crippen LogP contribution in [0.5, 0.6) is 11.5 Å². The first kappa shape index (κ1) is 24.8. The van der Waals surface area contributed by atoms with Gasteiger partial charge in [0.1, 0.15) is 24.7 Å². The summed E-state index contributed by atoms with van der Waals surface area (Å²) >= 11 is 0. The maximum atomic E-state index is 13.5. The molecule has 0 spiro atoms. The van der Waals surface area contributed by atoms with Crippen molar-refractivity contribution in [1.82, 2.24) is 14.7 Å². The second-order valence-corrected chi connectivity index (χ2v) is 9.54. The molecule has 1 atom stereocenters. The summed E-state index contributed by atoms with van der Waals surface area (Å²) in [4.78, 5) is 18.2. The van der Waals surface area contributed by atoms with Crippen molar-refractivity contribution in [2.24, 2.45) is 5.92 Å². The van der Waals surface area contributed by atoms with E-state index in [9.17, 15) is 4.79 Å². The third kappa shape index (κ3) is 6.30. The number of benzene rings is 2. The lowest BCUT2D eigenvalue weighted by Gasteiger charge is -2.36. The summed E-state index contributed by atoms with van der Waals surface area (Å²) < 4.78 is 13.3. The van der Waals surface area contributed by atoms with E-state index in [0.717, 1.165) is 50.6 Å². The Hall–Kier alpha value is -3.84. The molecule has 5 rings (SSSR count). The molecule has 37 heavy (non-hydrogen) atoms. The molecule has 2 aliphatic rings. The molecule has 7 heteroatoms. The van der Waals surface area contributed by atoms with E-state index >= 15 is 0 Å². The van der Waals surface area contributed by atoms with E-state index in [0.29, 0.717) is 24.0 Å². The Morgan fingerprint density at radius 1 is 0.919 bits per heavy atom. The lowest BCUT2D eigenvalue weighted by molar-refractivity contribution is 0.214. The summed E-state index contributed by atoms with van der Waals surface area (Å²) in [6.07, 6.45) is 9.78. The van der Waals surface area contributed by atoms with Crippen LogP contribution >= 0.6 is 0 Å². The fraction of sp³-hybridized carbons (Fsp3) is 0.333. The van der Waals surface area contributed by atoms with E-state index in [1.54, 1.807) is 6.20 Å². The fourth-order valence-electron chi connectivity index (χ4n) is 4.80. The molecule has 7 nitrogen and oxygen atoms in total. The zero-order valence-corrected chi connectivity index (χ0v) is 21.3. The molecule has 0 bridgehead atoms. The molecule has 1 aliphatic heterocycles. The zero-order valence-electron chi connectivity index (χ0n) is 21.3. The summed E-state index contributed by atoms with van der Waals surface area (Å²) in [5.74, 6) is 1.70. The van der Waals surface area contributed by atoms with Gasteiger partial charge in [0.2, 0.25) is 5.75 Å². The monoisotopic (exact) mass is 498 g/mol. The van der Waals surface area contributed by atoms with Gasteiger partial charge in [0, 0.05) is 32.7 Å². The van der Waals surface area contributed by atoms with Gasteiger partial charge in [-0.1, -0.05) is 61.5 Å². The summed E-state index contributed by atoms with van der Waals surface area (Å²) in [7, 11) is 0. The van der Waals surface area contributed by atoms with Crippen LogP contribution in [0.15, 0.2) is 95.5 Å². The lowest BCUT2D eigenvalue weighted by Crippen LogP contribution is -2.47. The highest BCUT2D eigenvalue weighted by Gasteiger charge is 2.24. The Labute approximate surface area is 218 Å². The van der Waals surface area contributed by atoms with Crippen molar-refractivity contribution in [3.05, 3.63) is 101 Å². The maximum absolute atomic E-state index is 13.5. The van der Waals surface area contributed by atoms with Gasteiger partial charge in [-0.05, 0) is 42.2 Å². The SMILES string of the molecule is CC1C=C(CN2CCN(c3cnn(-c4ccccc4)c(=O)c3OCCOc3ccccc3)CC2)C=CC1. The van der Waals surface area contributed by atoms with E-state index in [-0.39, 0.29) is 12.2 Å². The van der Waals surface area contributed by atoms with Gasteiger partial charge in [0.15, 0.2) is 0 Å². The highest BCUT2D eigenvalue weighted by atomic mass is 16.5. The van der Waals surface area contributed by atoms with Gasteiger partial charge in [-0.3, -0.25) is 9.69 Å². The fourth-order valence-corrected chi connectivity index (χ4v) is 4.80. The normalized spacial score (nSPS) is 17.9.